The van der Waals surface area contributed by atoms with E-state index >= 15 is 0 Å². The number of likely N-dealkylation sites (N-methyl/N-ethyl adjacent to an activating group) is 1. The molecule has 1 fully saturated rings. The SMILES string of the molecule is COC(=O)C1=C(c2ccc(CCCOc3c(F)ccc(F)c3Cl)cc2)CC2C(=O)N(C)C[C@H]1N2C(=O)OC. The molecule has 2 atom stereocenters. The van der Waals surface area contributed by atoms with Crippen LogP contribution in [0.25, 0.3) is 5.57 Å². The van der Waals surface area contributed by atoms with Crippen LogP contribution in [0.15, 0.2) is 42.0 Å². The second-order valence-electron chi connectivity index (χ2n) is 9.04. The minimum atomic E-state index is -0.804. The molecular formula is C27H27ClF2N2O6. The van der Waals surface area contributed by atoms with E-state index < -0.39 is 40.8 Å². The molecule has 2 aromatic carbocycles. The maximum absolute atomic E-state index is 13.9. The van der Waals surface area contributed by atoms with E-state index in [-0.39, 0.29) is 31.2 Å². The van der Waals surface area contributed by atoms with Crippen molar-refractivity contribution in [3.8, 4) is 5.75 Å². The fourth-order valence-electron chi connectivity index (χ4n) is 4.91. The molecule has 2 amide bonds. The molecule has 11 heteroatoms. The molecule has 0 aromatic heterocycles. The van der Waals surface area contributed by atoms with Crippen LogP contribution in [0.1, 0.15) is 24.0 Å². The van der Waals surface area contributed by atoms with Crippen molar-refractivity contribution in [3.05, 3.63) is 69.8 Å². The van der Waals surface area contributed by atoms with Gasteiger partial charge in [-0.3, -0.25) is 9.69 Å². The van der Waals surface area contributed by atoms with Crippen LogP contribution < -0.4 is 4.74 Å². The van der Waals surface area contributed by atoms with Crippen molar-refractivity contribution in [1.82, 2.24) is 9.80 Å². The number of esters is 1. The molecule has 202 valence electrons. The van der Waals surface area contributed by atoms with Gasteiger partial charge in [-0.25, -0.2) is 18.4 Å². The molecular weight excluding hydrogens is 522 g/mol. The molecule has 0 spiro atoms. The monoisotopic (exact) mass is 548 g/mol. The van der Waals surface area contributed by atoms with E-state index in [1.165, 1.54) is 24.0 Å². The first-order valence-corrected chi connectivity index (χ1v) is 12.3. The standard InChI is InChI=1S/C27H27ClF2N2O6/c1-31-14-21-22(26(34)36-2)17(13-20(25(31)33)32(21)27(35)37-3)16-8-6-15(7-9-16)5-4-12-38-24-19(30)11-10-18(29)23(24)28/h6-11,20-21H,4-5,12-14H2,1-3H3/t20?,21-/m1/s1. The third kappa shape index (κ3) is 5.18. The Labute approximate surface area is 223 Å². The fourth-order valence-corrected chi connectivity index (χ4v) is 5.12. The van der Waals surface area contributed by atoms with Gasteiger partial charge in [-0.1, -0.05) is 35.9 Å². The second-order valence-corrected chi connectivity index (χ2v) is 9.41. The predicted molar refractivity (Wildman–Crippen MR) is 135 cm³/mol. The molecule has 2 bridgehead atoms. The molecule has 0 saturated carbocycles. The summed E-state index contributed by atoms with van der Waals surface area (Å²) in [6.07, 6.45) is 0.550. The lowest BCUT2D eigenvalue weighted by molar-refractivity contribution is -0.144. The van der Waals surface area contributed by atoms with Crippen molar-refractivity contribution in [2.24, 2.45) is 0 Å². The first kappa shape index (κ1) is 27.4. The summed E-state index contributed by atoms with van der Waals surface area (Å²) in [5.41, 5.74) is 2.63. The van der Waals surface area contributed by atoms with Gasteiger partial charge in [0.15, 0.2) is 11.6 Å². The third-order valence-electron chi connectivity index (χ3n) is 6.79. The van der Waals surface area contributed by atoms with Crippen molar-refractivity contribution < 1.29 is 37.4 Å². The van der Waals surface area contributed by atoms with E-state index in [0.717, 1.165) is 23.3 Å². The number of methoxy groups -OCH3 is 2. The van der Waals surface area contributed by atoms with E-state index in [2.05, 4.69) is 0 Å². The van der Waals surface area contributed by atoms with Crippen molar-refractivity contribution in [1.29, 1.82) is 0 Å². The first-order chi connectivity index (χ1) is 18.2. The normalized spacial score (nSPS) is 18.9. The van der Waals surface area contributed by atoms with Crippen LogP contribution in [0.4, 0.5) is 13.6 Å². The van der Waals surface area contributed by atoms with Gasteiger partial charge >= 0.3 is 12.1 Å². The largest absolute Gasteiger partial charge is 0.489 e. The number of fused-ring (bicyclic) bond motifs is 2. The summed E-state index contributed by atoms with van der Waals surface area (Å²) in [5.74, 6) is -2.62. The highest BCUT2D eigenvalue weighted by molar-refractivity contribution is 6.32. The van der Waals surface area contributed by atoms with Crippen molar-refractivity contribution in [2.75, 3.05) is 34.4 Å². The minimum Gasteiger partial charge on any atom is -0.489 e. The number of piperazine rings is 1. The lowest BCUT2D eigenvalue weighted by atomic mass is 9.81. The number of hydrogen-bond acceptors (Lipinski definition) is 6. The topological polar surface area (TPSA) is 85.4 Å². The number of carbonyl (C=O) groups excluding carboxylic acids is 3. The number of carbonyl (C=O) groups is 3. The van der Waals surface area contributed by atoms with E-state index in [9.17, 15) is 23.2 Å². The molecule has 2 aromatic rings. The smallest absolute Gasteiger partial charge is 0.410 e. The zero-order valence-electron chi connectivity index (χ0n) is 21.1. The molecule has 0 N–H and O–H groups in total. The zero-order chi connectivity index (χ0) is 27.6. The summed E-state index contributed by atoms with van der Waals surface area (Å²) in [4.78, 5) is 41.2. The van der Waals surface area contributed by atoms with Gasteiger partial charge in [-0.05, 0) is 41.7 Å². The molecule has 1 unspecified atom stereocenters. The summed E-state index contributed by atoms with van der Waals surface area (Å²) < 4.78 is 42.7. The quantitative estimate of drug-likeness (QED) is 0.292. The van der Waals surface area contributed by atoms with Crippen molar-refractivity contribution >= 4 is 35.1 Å². The Bertz CT molecular complexity index is 1280. The highest BCUT2D eigenvalue weighted by Crippen LogP contribution is 2.39. The number of rotatable bonds is 7. The first-order valence-electron chi connectivity index (χ1n) is 12.0. The number of amides is 2. The molecule has 4 rings (SSSR count). The highest BCUT2D eigenvalue weighted by Gasteiger charge is 2.50. The van der Waals surface area contributed by atoms with E-state index in [0.29, 0.717) is 24.0 Å². The van der Waals surface area contributed by atoms with Crippen molar-refractivity contribution in [3.63, 3.8) is 0 Å². The number of halogens is 3. The van der Waals surface area contributed by atoms with E-state index in [4.69, 9.17) is 25.8 Å². The Morgan fingerprint density at radius 1 is 1.03 bits per heavy atom. The van der Waals surface area contributed by atoms with Gasteiger partial charge in [0, 0.05) is 20.0 Å². The second kappa shape index (κ2) is 11.4. The average Bonchev–Trinajstić information content (AvgIpc) is 2.92. The molecule has 2 heterocycles. The van der Waals surface area contributed by atoms with Gasteiger partial charge in [0.1, 0.15) is 16.9 Å². The number of benzene rings is 2. The lowest BCUT2D eigenvalue weighted by Crippen LogP contribution is -2.65. The summed E-state index contributed by atoms with van der Waals surface area (Å²) >= 11 is 5.79. The van der Waals surface area contributed by atoms with E-state index in [1.54, 1.807) is 7.05 Å². The maximum Gasteiger partial charge on any atom is 0.410 e. The number of ether oxygens (including phenoxy) is 3. The zero-order valence-corrected chi connectivity index (χ0v) is 21.9. The Hall–Kier alpha value is -3.66. The van der Waals surface area contributed by atoms with Crippen LogP contribution in [0, 0.1) is 11.6 Å². The summed E-state index contributed by atoms with van der Waals surface area (Å²) in [6, 6.07) is 7.83. The molecule has 2 aliphatic rings. The molecule has 2 aliphatic heterocycles. The van der Waals surface area contributed by atoms with Crippen molar-refractivity contribution in [2.45, 2.75) is 31.3 Å². The maximum atomic E-state index is 13.9. The molecule has 0 aliphatic carbocycles. The van der Waals surface area contributed by atoms with Gasteiger partial charge in [-0.15, -0.1) is 0 Å². The molecule has 8 nitrogen and oxygen atoms in total. The highest BCUT2D eigenvalue weighted by atomic mass is 35.5. The van der Waals surface area contributed by atoms with Crippen LogP contribution in [0.2, 0.25) is 5.02 Å². The summed E-state index contributed by atoms with van der Waals surface area (Å²) in [7, 11) is 4.13. The minimum absolute atomic E-state index is 0.127. The van der Waals surface area contributed by atoms with Gasteiger partial charge in [0.25, 0.3) is 0 Å². The predicted octanol–water partition coefficient (Wildman–Crippen LogP) is 4.24. The average molecular weight is 549 g/mol. The van der Waals surface area contributed by atoms with Gasteiger partial charge < -0.3 is 19.1 Å². The number of aryl methyl sites for hydroxylation is 1. The Morgan fingerprint density at radius 3 is 2.37 bits per heavy atom. The summed E-state index contributed by atoms with van der Waals surface area (Å²) in [5, 5.41) is -0.392. The Morgan fingerprint density at radius 2 is 1.71 bits per heavy atom. The van der Waals surface area contributed by atoms with Crippen LogP contribution in [-0.4, -0.2) is 74.3 Å². The number of hydrogen-bond donors (Lipinski definition) is 0. The molecule has 0 radical (unpaired) electrons. The van der Waals surface area contributed by atoms with Crippen LogP contribution in [0.3, 0.4) is 0 Å². The Balaban J connectivity index is 1.53. The number of nitrogens with zero attached hydrogens (tertiary/aromatic N) is 2. The molecule has 1 saturated heterocycles. The molecule has 38 heavy (non-hydrogen) atoms. The Kier molecular flexibility index (Phi) is 8.20. The lowest BCUT2D eigenvalue weighted by Gasteiger charge is -2.48. The van der Waals surface area contributed by atoms with Crippen LogP contribution in [0.5, 0.6) is 5.75 Å². The van der Waals surface area contributed by atoms with E-state index in [1.807, 2.05) is 24.3 Å². The van der Waals surface area contributed by atoms with Crippen LogP contribution >= 0.6 is 11.6 Å². The van der Waals surface area contributed by atoms with Gasteiger partial charge in [0.2, 0.25) is 5.91 Å². The summed E-state index contributed by atoms with van der Waals surface area (Å²) in [6.45, 7) is 0.258. The van der Waals surface area contributed by atoms with Crippen LogP contribution in [-0.2, 0) is 25.5 Å². The van der Waals surface area contributed by atoms with Gasteiger partial charge in [0.05, 0.1) is 32.4 Å². The fraction of sp³-hybridized carbons (Fsp3) is 0.370. The third-order valence-corrected chi connectivity index (χ3v) is 7.14. The van der Waals surface area contributed by atoms with Gasteiger partial charge in [-0.2, -0.15) is 0 Å².